The molecule has 0 aliphatic carbocycles. The molecule has 2 aromatic heterocycles. The standard InChI is InChI=1S/C18H25N6O2.ClH/c1-15(2)18(21-19-16-7-3-5-9-23(16)11-13-25)22-20-17-8-4-6-10-24(17)12-14-26;/h3-10,15,25-26H,11-14H2,1-2H3;1H/q+1;/p-1. The molecule has 0 aliphatic rings. The number of aliphatic hydroxyl groups excluding tert-OH is 2. The number of nitrogens with zero attached hydrogens (tertiary/aromatic N) is 6. The van der Waals surface area contributed by atoms with Crippen LogP contribution >= 0.6 is 0 Å². The molecule has 2 N–H and O–H groups in total. The molecule has 0 fully saturated rings. The van der Waals surface area contributed by atoms with Gasteiger partial charge in [0.25, 0.3) is 0 Å². The number of pyridine rings is 2. The smallest absolute Gasteiger partial charge is 0.350 e. The summed E-state index contributed by atoms with van der Waals surface area (Å²) >= 11 is 0. The largest absolute Gasteiger partial charge is 1.00 e. The number of aliphatic hydroxyl groups is 2. The van der Waals surface area contributed by atoms with Gasteiger partial charge in [0, 0.05) is 24.7 Å². The summed E-state index contributed by atoms with van der Waals surface area (Å²) in [6, 6.07) is 11.1. The van der Waals surface area contributed by atoms with Crippen LogP contribution in [0.25, 0.3) is 0 Å². The molecule has 0 atom stereocenters. The zero-order valence-corrected chi connectivity index (χ0v) is 16.2. The molecule has 2 rings (SSSR count). The van der Waals surface area contributed by atoms with Crippen molar-refractivity contribution >= 4 is 11.7 Å². The summed E-state index contributed by atoms with van der Waals surface area (Å²) in [5.41, 5.74) is 0.630. The quantitative estimate of drug-likeness (QED) is 0.195. The Bertz CT molecular complexity index is 832. The van der Waals surface area contributed by atoms with Crippen molar-refractivity contribution in [3.8, 4) is 0 Å². The molecule has 0 radical (unpaired) electrons. The molecule has 2 heterocycles. The van der Waals surface area contributed by atoms with Crippen LogP contribution in [0.15, 0.2) is 69.2 Å². The number of rotatable bonds is 7. The first-order valence-corrected chi connectivity index (χ1v) is 8.54. The Morgan fingerprint density at radius 3 is 2.59 bits per heavy atom. The predicted octanol–water partition coefficient (Wildman–Crippen LogP) is -1.58. The third-order valence-electron chi connectivity index (χ3n) is 3.54. The molecule has 0 unspecified atom stereocenters. The summed E-state index contributed by atoms with van der Waals surface area (Å²) in [5, 5.41) is 35.3. The maximum absolute atomic E-state index is 9.14. The van der Waals surface area contributed by atoms with Crippen molar-refractivity contribution in [2.75, 3.05) is 13.2 Å². The van der Waals surface area contributed by atoms with E-state index in [-0.39, 0.29) is 31.5 Å². The van der Waals surface area contributed by atoms with Crippen LogP contribution in [0, 0.1) is 5.92 Å². The zero-order valence-electron chi connectivity index (χ0n) is 15.5. The first kappa shape index (κ1) is 22.6. The molecule has 0 aromatic carbocycles. The normalized spacial score (nSPS) is 12.6. The fourth-order valence-electron chi connectivity index (χ4n) is 2.17. The van der Waals surface area contributed by atoms with Crippen LogP contribution in [0.4, 0.5) is 5.82 Å². The summed E-state index contributed by atoms with van der Waals surface area (Å²) in [7, 11) is 0. The minimum Gasteiger partial charge on any atom is -1.00 e. The minimum atomic E-state index is 0. The van der Waals surface area contributed by atoms with Crippen LogP contribution in [-0.4, -0.2) is 33.8 Å². The molecular weight excluding hydrogens is 368 g/mol. The van der Waals surface area contributed by atoms with Gasteiger partial charge in [-0.3, -0.25) is 0 Å². The third-order valence-corrected chi connectivity index (χ3v) is 3.54. The zero-order chi connectivity index (χ0) is 18.8. The second kappa shape index (κ2) is 12.1. The van der Waals surface area contributed by atoms with Gasteiger partial charge in [0.05, 0.1) is 24.5 Å². The van der Waals surface area contributed by atoms with Crippen molar-refractivity contribution in [3.05, 3.63) is 54.3 Å². The summed E-state index contributed by atoms with van der Waals surface area (Å²) < 4.78 is 3.62. The maximum Gasteiger partial charge on any atom is 0.350 e. The van der Waals surface area contributed by atoms with Gasteiger partial charge in [0.2, 0.25) is 5.84 Å². The monoisotopic (exact) mass is 392 g/mol. The topological polar surface area (TPSA) is 98.7 Å². The highest BCUT2D eigenvalue weighted by Gasteiger charge is 2.11. The molecule has 0 saturated carbocycles. The van der Waals surface area contributed by atoms with Crippen LogP contribution in [0.2, 0.25) is 0 Å². The molecule has 146 valence electrons. The van der Waals surface area contributed by atoms with Gasteiger partial charge in [-0.1, -0.05) is 26.0 Å². The van der Waals surface area contributed by atoms with Crippen molar-refractivity contribution < 1.29 is 27.2 Å². The van der Waals surface area contributed by atoms with Gasteiger partial charge in [-0.2, -0.15) is 0 Å². The van der Waals surface area contributed by atoms with Gasteiger partial charge >= 0.3 is 5.82 Å². The van der Waals surface area contributed by atoms with E-state index in [9.17, 15) is 0 Å². The number of azo groups is 1. The number of amidine groups is 1. The Morgan fingerprint density at radius 1 is 1.11 bits per heavy atom. The van der Waals surface area contributed by atoms with E-state index in [2.05, 4.69) is 20.4 Å². The van der Waals surface area contributed by atoms with Crippen LogP contribution in [-0.2, 0) is 13.1 Å². The number of aromatic nitrogens is 2. The average molecular weight is 393 g/mol. The Balaban J connectivity index is 0.00000364. The van der Waals surface area contributed by atoms with E-state index >= 15 is 0 Å². The molecule has 0 amide bonds. The van der Waals surface area contributed by atoms with Crippen molar-refractivity contribution in [3.63, 3.8) is 0 Å². The van der Waals surface area contributed by atoms with E-state index in [0.717, 1.165) is 0 Å². The Kier molecular flexibility index (Phi) is 10.1. The van der Waals surface area contributed by atoms with Crippen LogP contribution in [0.5, 0.6) is 0 Å². The van der Waals surface area contributed by atoms with Gasteiger partial charge in [-0.15, -0.1) is 10.2 Å². The highest BCUT2D eigenvalue weighted by molar-refractivity contribution is 5.84. The first-order valence-electron chi connectivity index (χ1n) is 8.54. The summed E-state index contributed by atoms with van der Waals surface area (Å²) in [4.78, 5) is 0. The van der Waals surface area contributed by atoms with E-state index in [1.54, 1.807) is 0 Å². The van der Waals surface area contributed by atoms with E-state index in [1.807, 2.05) is 71.8 Å². The Morgan fingerprint density at radius 2 is 1.89 bits per heavy atom. The second-order valence-corrected chi connectivity index (χ2v) is 5.86. The maximum atomic E-state index is 9.14. The summed E-state index contributed by atoms with van der Waals surface area (Å²) in [6.45, 7) is 4.87. The lowest BCUT2D eigenvalue weighted by Crippen LogP contribution is -3.00. The number of hydrogen-bond acceptors (Lipinski definition) is 5. The predicted molar refractivity (Wildman–Crippen MR) is 97.6 cm³/mol. The summed E-state index contributed by atoms with van der Waals surface area (Å²) in [6.07, 6.45) is 3.67. The molecule has 27 heavy (non-hydrogen) atoms. The highest BCUT2D eigenvalue weighted by atomic mass is 35.5. The number of hydrogen-bond donors (Lipinski definition) is 2. The minimum absolute atomic E-state index is 0. The number of halogens is 1. The van der Waals surface area contributed by atoms with Gasteiger partial charge in [-0.25, -0.2) is 4.57 Å². The molecule has 0 aliphatic heterocycles. The SMILES string of the molecule is CC(C)C(N=Nc1cccc[n+]1CCO)=NN=c1ccccn1CCO.[Cl-]. The lowest BCUT2D eigenvalue weighted by Gasteiger charge is -2.03. The Hall–Kier alpha value is -2.42. The molecule has 8 nitrogen and oxygen atoms in total. The summed E-state index contributed by atoms with van der Waals surface area (Å²) in [5.74, 6) is 1.15. The van der Waals surface area contributed by atoms with Crippen molar-refractivity contribution in [2.45, 2.75) is 26.9 Å². The van der Waals surface area contributed by atoms with E-state index in [0.29, 0.717) is 30.2 Å². The van der Waals surface area contributed by atoms with Crippen LogP contribution in [0.1, 0.15) is 13.8 Å². The highest BCUT2D eigenvalue weighted by Crippen LogP contribution is 2.08. The van der Waals surface area contributed by atoms with Crippen LogP contribution < -0.4 is 22.5 Å². The van der Waals surface area contributed by atoms with E-state index in [4.69, 9.17) is 10.2 Å². The van der Waals surface area contributed by atoms with Crippen molar-refractivity contribution in [2.24, 2.45) is 26.3 Å². The first-order chi connectivity index (χ1) is 12.7. The lowest BCUT2D eigenvalue weighted by atomic mass is 10.2. The second-order valence-electron chi connectivity index (χ2n) is 5.86. The molecule has 2 aromatic rings. The van der Waals surface area contributed by atoms with Gasteiger partial charge in [0.15, 0.2) is 5.49 Å². The van der Waals surface area contributed by atoms with Crippen molar-refractivity contribution in [1.29, 1.82) is 0 Å². The van der Waals surface area contributed by atoms with Crippen molar-refractivity contribution in [1.82, 2.24) is 4.57 Å². The van der Waals surface area contributed by atoms with E-state index < -0.39 is 0 Å². The molecule has 0 saturated heterocycles. The fraction of sp³-hybridized carbons (Fsp3) is 0.389. The van der Waals surface area contributed by atoms with Crippen LogP contribution in [0.3, 0.4) is 0 Å². The molecular formula is C18H25ClN6O2. The molecule has 0 spiro atoms. The van der Waals surface area contributed by atoms with Gasteiger partial charge < -0.3 is 27.2 Å². The molecule has 0 bridgehead atoms. The lowest BCUT2D eigenvalue weighted by molar-refractivity contribution is -0.685. The van der Waals surface area contributed by atoms with E-state index in [1.165, 1.54) is 0 Å². The van der Waals surface area contributed by atoms with Gasteiger partial charge in [-0.05, 0) is 23.3 Å². The van der Waals surface area contributed by atoms with Gasteiger partial charge in [0.1, 0.15) is 6.54 Å². The Labute approximate surface area is 164 Å². The fourth-order valence-corrected chi connectivity index (χ4v) is 2.17. The average Bonchev–Trinajstić information content (AvgIpc) is 2.64. The molecule has 9 heteroatoms. The third kappa shape index (κ3) is 7.01.